The summed E-state index contributed by atoms with van der Waals surface area (Å²) in [5.41, 5.74) is -0.248. The van der Waals surface area contributed by atoms with Crippen molar-refractivity contribution in [1.82, 2.24) is 0 Å². The van der Waals surface area contributed by atoms with Crippen LogP contribution in [0.1, 0.15) is 5.56 Å². The number of epoxide rings is 1. The van der Waals surface area contributed by atoms with Gasteiger partial charge in [0, 0.05) is 12.0 Å². The average molecular weight is 492 g/mol. The number of aliphatic hydroxyl groups excluding tert-OH is 5. The van der Waals surface area contributed by atoms with E-state index in [2.05, 4.69) is 0 Å². The second kappa shape index (κ2) is 9.60. The van der Waals surface area contributed by atoms with Gasteiger partial charge >= 0.3 is 5.97 Å². The zero-order chi connectivity index (χ0) is 24.7. The zero-order valence-electron chi connectivity index (χ0n) is 18.6. The highest BCUT2D eigenvalue weighted by Crippen LogP contribution is 2.60. The van der Waals surface area contributed by atoms with Crippen LogP contribution >= 0.6 is 0 Å². The largest absolute Gasteiger partial charge is 0.472 e. The van der Waals surface area contributed by atoms with E-state index in [0.717, 1.165) is 5.56 Å². The maximum atomic E-state index is 12.3. The lowest BCUT2D eigenvalue weighted by Gasteiger charge is -2.43. The monoisotopic (exact) mass is 492 g/mol. The second-order valence-electron chi connectivity index (χ2n) is 9.11. The molecule has 2 saturated heterocycles. The van der Waals surface area contributed by atoms with E-state index in [9.17, 15) is 30.3 Å². The van der Waals surface area contributed by atoms with Crippen LogP contribution in [0, 0.1) is 11.8 Å². The normalized spacial score (nSPS) is 43.9. The van der Waals surface area contributed by atoms with Crippen LogP contribution in [-0.2, 0) is 28.5 Å². The number of carbonyl (C=O) groups is 1. The van der Waals surface area contributed by atoms with Gasteiger partial charge in [0.15, 0.2) is 6.29 Å². The Labute approximate surface area is 200 Å². The standard InChI is InChI=1S/C24H28O11/c25-10-14-18(28)19(29)20(30)23(33-14)34-22-16-13(8-9-31-22)17(27)21-24(16,35-21)11-32-15(26)7-6-12-4-2-1-3-5-12/h1-9,13-14,16-23,25,27-30H,10-11H2/b7-6+/t13?,14-,16?,17?,18-,19+,20-,21?,22?,23+,24?/m0/s1. The Hall–Kier alpha value is -2.35. The average Bonchev–Trinajstić information content (AvgIpc) is 3.56. The van der Waals surface area contributed by atoms with Gasteiger partial charge in [0.05, 0.1) is 24.9 Å². The van der Waals surface area contributed by atoms with Gasteiger partial charge in [-0.05, 0) is 17.7 Å². The van der Waals surface area contributed by atoms with Crippen LogP contribution in [0.15, 0.2) is 48.7 Å². The third-order valence-electron chi connectivity index (χ3n) is 7.03. The van der Waals surface area contributed by atoms with E-state index in [1.807, 2.05) is 30.3 Å². The van der Waals surface area contributed by atoms with Gasteiger partial charge in [-0.25, -0.2) is 4.79 Å². The van der Waals surface area contributed by atoms with E-state index in [1.54, 1.807) is 12.2 Å². The van der Waals surface area contributed by atoms with Gasteiger partial charge in [0.1, 0.15) is 42.7 Å². The first-order chi connectivity index (χ1) is 16.9. The fraction of sp³-hybridized carbons (Fsp3) is 0.542. The molecule has 0 aromatic heterocycles. The predicted molar refractivity (Wildman–Crippen MR) is 116 cm³/mol. The third kappa shape index (κ3) is 4.39. The summed E-state index contributed by atoms with van der Waals surface area (Å²) in [5.74, 6) is -1.67. The van der Waals surface area contributed by atoms with E-state index in [0.29, 0.717) is 0 Å². The molecule has 0 radical (unpaired) electrons. The Morgan fingerprint density at radius 1 is 1.03 bits per heavy atom. The summed E-state index contributed by atoms with van der Waals surface area (Å²) in [6.07, 6.45) is -4.06. The molecule has 1 aromatic carbocycles. The number of hydrogen-bond donors (Lipinski definition) is 5. The highest BCUT2D eigenvalue weighted by molar-refractivity contribution is 5.87. The summed E-state index contributed by atoms with van der Waals surface area (Å²) in [6, 6.07) is 9.24. The Kier molecular flexibility index (Phi) is 6.68. The third-order valence-corrected chi connectivity index (χ3v) is 7.03. The molecule has 11 heteroatoms. The molecule has 11 atom stereocenters. The maximum absolute atomic E-state index is 12.3. The van der Waals surface area contributed by atoms with Crippen LogP contribution in [0.4, 0.5) is 0 Å². The molecule has 3 fully saturated rings. The van der Waals surface area contributed by atoms with Gasteiger partial charge < -0.3 is 49.2 Å². The van der Waals surface area contributed by atoms with Crippen LogP contribution in [0.25, 0.3) is 6.08 Å². The van der Waals surface area contributed by atoms with E-state index >= 15 is 0 Å². The van der Waals surface area contributed by atoms with E-state index < -0.39 is 79.2 Å². The van der Waals surface area contributed by atoms with Crippen LogP contribution < -0.4 is 0 Å². The summed E-state index contributed by atoms with van der Waals surface area (Å²) in [6.45, 7) is -0.776. The van der Waals surface area contributed by atoms with Crippen molar-refractivity contribution in [3.8, 4) is 0 Å². The summed E-state index contributed by atoms with van der Waals surface area (Å²) >= 11 is 0. The van der Waals surface area contributed by atoms with Crippen molar-refractivity contribution in [2.45, 2.75) is 54.8 Å². The molecule has 3 heterocycles. The lowest BCUT2D eigenvalue weighted by Crippen LogP contribution is -2.60. The van der Waals surface area contributed by atoms with Crippen molar-refractivity contribution in [3.63, 3.8) is 0 Å². The van der Waals surface area contributed by atoms with Gasteiger partial charge in [0.2, 0.25) is 6.29 Å². The van der Waals surface area contributed by atoms with E-state index in [4.69, 9.17) is 23.7 Å². The number of ether oxygens (including phenoxy) is 5. The van der Waals surface area contributed by atoms with Crippen molar-refractivity contribution in [1.29, 1.82) is 0 Å². The molecule has 4 aliphatic rings. The highest BCUT2D eigenvalue weighted by Gasteiger charge is 2.76. The van der Waals surface area contributed by atoms with Crippen LogP contribution in [-0.4, -0.2) is 99.5 Å². The number of esters is 1. The molecule has 5 N–H and O–H groups in total. The van der Waals surface area contributed by atoms with Gasteiger partial charge in [-0.1, -0.05) is 30.3 Å². The molecule has 11 nitrogen and oxygen atoms in total. The van der Waals surface area contributed by atoms with Crippen LogP contribution in [0.5, 0.6) is 0 Å². The molecule has 0 spiro atoms. The number of benzene rings is 1. The molecule has 5 rings (SSSR count). The second-order valence-corrected chi connectivity index (χ2v) is 9.11. The van der Waals surface area contributed by atoms with Gasteiger partial charge in [-0.3, -0.25) is 0 Å². The minimum atomic E-state index is -1.63. The number of rotatable bonds is 7. The lowest BCUT2D eigenvalue weighted by atomic mass is 9.85. The molecule has 35 heavy (non-hydrogen) atoms. The molecule has 190 valence electrons. The first kappa shape index (κ1) is 24.3. The molecule has 0 amide bonds. The fourth-order valence-electron chi connectivity index (χ4n) is 5.11. The molecular weight excluding hydrogens is 464 g/mol. The molecule has 1 aromatic rings. The number of aliphatic hydroxyl groups is 5. The van der Waals surface area contributed by atoms with Gasteiger partial charge in [-0.15, -0.1) is 0 Å². The zero-order valence-corrected chi connectivity index (χ0v) is 18.6. The Balaban J connectivity index is 1.28. The first-order valence-corrected chi connectivity index (χ1v) is 11.4. The molecular formula is C24H28O11. The Morgan fingerprint density at radius 2 is 1.80 bits per heavy atom. The first-order valence-electron chi connectivity index (χ1n) is 11.4. The summed E-state index contributed by atoms with van der Waals surface area (Å²) in [7, 11) is 0. The van der Waals surface area contributed by atoms with Crippen molar-refractivity contribution >= 4 is 12.0 Å². The number of carbonyl (C=O) groups excluding carboxylic acids is 1. The highest BCUT2D eigenvalue weighted by atomic mass is 16.8. The topological polar surface area (TPSA) is 168 Å². The Morgan fingerprint density at radius 3 is 2.54 bits per heavy atom. The maximum Gasteiger partial charge on any atom is 0.330 e. The smallest absolute Gasteiger partial charge is 0.330 e. The molecule has 1 aliphatic carbocycles. The lowest BCUT2D eigenvalue weighted by molar-refractivity contribution is -0.344. The van der Waals surface area contributed by atoms with Gasteiger partial charge in [-0.2, -0.15) is 0 Å². The fourth-order valence-corrected chi connectivity index (χ4v) is 5.11. The summed E-state index contributed by atoms with van der Waals surface area (Å²) in [4.78, 5) is 12.3. The van der Waals surface area contributed by atoms with Gasteiger partial charge in [0.25, 0.3) is 0 Å². The number of fused-ring (bicyclic) bond motifs is 3. The van der Waals surface area contributed by atoms with Crippen LogP contribution in [0.2, 0.25) is 0 Å². The SMILES string of the molecule is O=C(/C=C/c1ccccc1)OCC12OC1C(O)C1C=COC(O[C@H]3O[C@@H](CO)[C@H](O)[C@@H](O)[C@@H]3O)C12. The summed E-state index contributed by atoms with van der Waals surface area (Å²) < 4.78 is 28.1. The number of hydrogen-bond acceptors (Lipinski definition) is 11. The van der Waals surface area contributed by atoms with Crippen molar-refractivity contribution in [2.24, 2.45) is 11.8 Å². The minimum absolute atomic E-state index is 0.167. The molecule has 1 saturated carbocycles. The molecule has 6 unspecified atom stereocenters. The molecule has 3 aliphatic heterocycles. The Bertz CT molecular complexity index is 965. The van der Waals surface area contributed by atoms with Crippen molar-refractivity contribution in [3.05, 3.63) is 54.3 Å². The van der Waals surface area contributed by atoms with E-state index in [-0.39, 0.29) is 6.61 Å². The summed E-state index contributed by atoms with van der Waals surface area (Å²) in [5, 5.41) is 50.5. The van der Waals surface area contributed by atoms with E-state index in [1.165, 1.54) is 12.3 Å². The minimum Gasteiger partial charge on any atom is -0.472 e. The van der Waals surface area contributed by atoms with Crippen LogP contribution in [0.3, 0.4) is 0 Å². The van der Waals surface area contributed by atoms with Crippen molar-refractivity contribution in [2.75, 3.05) is 13.2 Å². The quantitative estimate of drug-likeness (QED) is 0.174. The predicted octanol–water partition coefficient (Wildman–Crippen LogP) is -1.33. The van der Waals surface area contributed by atoms with Crippen molar-refractivity contribution < 1.29 is 54.0 Å². The molecule has 0 bridgehead atoms.